The van der Waals surface area contributed by atoms with E-state index in [1.807, 2.05) is 42.5 Å². The van der Waals surface area contributed by atoms with E-state index in [9.17, 15) is 34.6 Å². The summed E-state index contributed by atoms with van der Waals surface area (Å²) < 4.78 is 0. The minimum atomic E-state index is -0.980. The van der Waals surface area contributed by atoms with Gasteiger partial charge >= 0.3 is 0 Å². The first-order chi connectivity index (χ1) is 20.2. The summed E-state index contributed by atoms with van der Waals surface area (Å²) in [5.41, 5.74) is 2.49. The van der Waals surface area contributed by atoms with E-state index < -0.39 is 45.5 Å². The summed E-state index contributed by atoms with van der Waals surface area (Å²) in [4.78, 5) is 65.7. The summed E-state index contributed by atoms with van der Waals surface area (Å²) in [6.45, 7) is 0.0892. The number of allylic oxidation sites excluding steroid dienone is 2. The molecule has 11 heteroatoms. The number of non-ortho nitro benzene ring substituents is 2. The number of imide groups is 1. The van der Waals surface area contributed by atoms with Crippen LogP contribution in [0.4, 0.5) is 11.4 Å². The number of amides is 2. The van der Waals surface area contributed by atoms with Gasteiger partial charge in [-0.25, -0.2) is 0 Å². The zero-order chi connectivity index (χ0) is 29.5. The fraction of sp³-hybridized carbons (Fsp3) is 0.194. The minimum absolute atomic E-state index is 0.0158. The Morgan fingerprint density at radius 2 is 1.36 bits per heavy atom. The third-order valence-electron chi connectivity index (χ3n) is 8.08. The SMILES string of the molecule is O=C(c1ccc([N+](=O)[O-])cc1)[C@H]1[C@H]2C(=O)N(Cc3ccccc3)C(=O)[C@H]2[C@@H]2C=C(Cc3ccc([N+](=O)[O-])cc3)C=CN21. The number of hydrogen-bond donors (Lipinski definition) is 0. The Bertz CT molecular complexity index is 1670. The van der Waals surface area contributed by atoms with Crippen LogP contribution in [0.15, 0.2) is 103 Å². The molecule has 6 rings (SSSR count). The molecule has 3 aromatic rings. The molecule has 42 heavy (non-hydrogen) atoms. The second kappa shape index (κ2) is 10.5. The Balaban J connectivity index is 1.34. The molecular formula is C31H24N4O7. The highest BCUT2D eigenvalue weighted by atomic mass is 16.6. The highest BCUT2D eigenvalue weighted by Crippen LogP contribution is 2.46. The average Bonchev–Trinajstić information content (AvgIpc) is 3.45. The van der Waals surface area contributed by atoms with Gasteiger partial charge in [0.15, 0.2) is 5.78 Å². The Hall–Kier alpha value is -5.45. The lowest BCUT2D eigenvalue weighted by Crippen LogP contribution is -2.45. The minimum Gasteiger partial charge on any atom is -0.359 e. The van der Waals surface area contributed by atoms with Gasteiger partial charge in [0.05, 0.1) is 34.3 Å². The largest absolute Gasteiger partial charge is 0.359 e. The van der Waals surface area contributed by atoms with Crippen LogP contribution in [0.3, 0.4) is 0 Å². The van der Waals surface area contributed by atoms with Crippen molar-refractivity contribution in [3.05, 3.63) is 140 Å². The van der Waals surface area contributed by atoms with Crippen LogP contribution in [0.2, 0.25) is 0 Å². The van der Waals surface area contributed by atoms with Crippen molar-refractivity contribution in [3.63, 3.8) is 0 Å². The highest BCUT2D eigenvalue weighted by Gasteiger charge is 2.63. The number of rotatable bonds is 8. The molecule has 2 fully saturated rings. The van der Waals surface area contributed by atoms with E-state index >= 15 is 0 Å². The van der Waals surface area contributed by atoms with Crippen LogP contribution in [-0.2, 0) is 22.6 Å². The molecule has 210 valence electrons. The van der Waals surface area contributed by atoms with Gasteiger partial charge in [0.25, 0.3) is 11.4 Å². The average molecular weight is 565 g/mol. The van der Waals surface area contributed by atoms with Crippen molar-refractivity contribution < 1.29 is 24.2 Å². The summed E-state index contributed by atoms with van der Waals surface area (Å²) in [6.07, 6.45) is 5.86. The van der Waals surface area contributed by atoms with Gasteiger partial charge in [-0.15, -0.1) is 0 Å². The first kappa shape index (κ1) is 26.8. The monoisotopic (exact) mass is 564 g/mol. The van der Waals surface area contributed by atoms with Gasteiger partial charge in [0, 0.05) is 36.0 Å². The summed E-state index contributed by atoms with van der Waals surface area (Å²) >= 11 is 0. The van der Waals surface area contributed by atoms with Crippen LogP contribution >= 0.6 is 0 Å². The predicted molar refractivity (Wildman–Crippen MR) is 150 cm³/mol. The number of fused-ring (bicyclic) bond motifs is 3. The van der Waals surface area contributed by atoms with E-state index in [4.69, 9.17) is 0 Å². The van der Waals surface area contributed by atoms with Crippen molar-refractivity contribution in [2.24, 2.45) is 11.8 Å². The second-order valence-electron chi connectivity index (χ2n) is 10.5. The second-order valence-corrected chi connectivity index (χ2v) is 10.5. The Labute approximate surface area is 239 Å². The normalized spacial score (nSPS) is 22.5. The van der Waals surface area contributed by atoms with Crippen LogP contribution in [-0.4, -0.2) is 49.3 Å². The summed E-state index contributed by atoms with van der Waals surface area (Å²) in [5.74, 6) is -2.92. The first-order valence-corrected chi connectivity index (χ1v) is 13.3. The van der Waals surface area contributed by atoms with E-state index in [-0.39, 0.29) is 29.4 Å². The van der Waals surface area contributed by atoms with E-state index in [2.05, 4.69) is 0 Å². The zero-order valence-corrected chi connectivity index (χ0v) is 22.1. The molecule has 0 spiro atoms. The predicted octanol–water partition coefficient (Wildman–Crippen LogP) is 4.24. The van der Waals surface area contributed by atoms with Crippen LogP contribution in [0, 0.1) is 32.1 Å². The third kappa shape index (κ3) is 4.64. The van der Waals surface area contributed by atoms with Crippen molar-refractivity contribution >= 4 is 29.0 Å². The molecular weight excluding hydrogens is 540 g/mol. The maximum atomic E-state index is 13.9. The first-order valence-electron chi connectivity index (χ1n) is 13.3. The molecule has 3 heterocycles. The number of ketones is 1. The molecule has 0 bridgehead atoms. The molecule has 2 amide bonds. The zero-order valence-electron chi connectivity index (χ0n) is 22.1. The van der Waals surface area contributed by atoms with Gasteiger partial charge < -0.3 is 4.90 Å². The number of nitro benzene ring substituents is 2. The molecule has 0 unspecified atom stereocenters. The molecule has 0 aliphatic carbocycles. The van der Waals surface area contributed by atoms with Crippen molar-refractivity contribution in [2.75, 3.05) is 0 Å². The van der Waals surface area contributed by atoms with E-state index in [0.29, 0.717) is 6.42 Å². The van der Waals surface area contributed by atoms with Crippen molar-refractivity contribution in [2.45, 2.75) is 25.0 Å². The van der Waals surface area contributed by atoms with E-state index in [1.165, 1.54) is 41.3 Å². The van der Waals surface area contributed by atoms with Crippen molar-refractivity contribution in [3.8, 4) is 0 Å². The van der Waals surface area contributed by atoms with Crippen molar-refractivity contribution in [1.29, 1.82) is 0 Å². The molecule has 3 aromatic carbocycles. The van der Waals surface area contributed by atoms with Gasteiger partial charge in [-0.2, -0.15) is 0 Å². The molecule has 11 nitrogen and oxygen atoms in total. The van der Waals surface area contributed by atoms with Crippen LogP contribution in [0.1, 0.15) is 21.5 Å². The van der Waals surface area contributed by atoms with E-state index in [0.717, 1.165) is 16.7 Å². The van der Waals surface area contributed by atoms with E-state index in [1.54, 1.807) is 23.2 Å². The van der Waals surface area contributed by atoms with Crippen LogP contribution < -0.4 is 0 Å². The maximum Gasteiger partial charge on any atom is 0.269 e. The van der Waals surface area contributed by atoms with Crippen molar-refractivity contribution in [1.82, 2.24) is 9.80 Å². The van der Waals surface area contributed by atoms with Crippen LogP contribution in [0.25, 0.3) is 0 Å². The molecule has 0 saturated carbocycles. The Kier molecular flexibility index (Phi) is 6.69. The van der Waals surface area contributed by atoms with Gasteiger partial charge in [-0.1, -0.05) is 48.5 Å². The van der Waals surface area contributed by atoms with Gasteiger partial charge in [0.1, 0.15) is 6.04 Å². The number of Topliss-reactive ketones (excluding diaryl/α,β-unsaturated/α-hetero) is 1. The smallest absolute Gasteiger partial charge is 0.269 e. The third-order valence-corrected chi connectivity index (χ3v) is 8.08. The molecule has 3 aliphatic rings. The fourth-order valence-corrected chi connectivity index (χ4v) is 6.09. The summed E-state index contributed by atoms with van der Waals surface area (Å²) in [6, 6.07) is 19.0. The number of likely N-dealkylation sites (tertiary alicyclic amines) is 1. The van der Waals surface area contributed by atoms with Crippen LogP contribution in [0.5, 0.6) is 0 Å². The van der Waals surface area contributed by atoms with Gasteiger partial charge in [-0.05, 0) is 41.3 Å². The molecule has 4 atom stereocenters. The number of nitrogens with zero attached hydrogens (tertiary/aromatic N) is 4. The van der Waals surface area contributed by atoms with Gasteiger partial charge in [0.2, 0.25) is 11.8 Å². The lowest BCUT2D eigenvalue weighted by atomic mass is 9.85. The standard InChI is InChI=1S/C31H24N4O7/c36-29(22-8-12-24(13-9-22)35(41)42)28-27-26(30(37)33(31(27)38)18-20-4-2-1-3-5-20)25-17-21(14-15-32(25)28)16-19-6-10-23(11-7-19)34(39)40/h1-15,17,25-28H,16,18H2/t25-,26-,27-,28+/m0/s1. The molecule has 0 radical (unpaired) electrons. The lowest BCUT2D eigenvalue weighted by Gasteiger charge is -2.33. The molecule has 3 aliphatic heterocycles. The maximum absolute atomic E-state index is 13.9. The molecule has 0 N–H and O–H groups in total. The number of carbonyl (C=O) groups is 3. The fourth-order valence-electron chi connectivity index (χ4n) is 6.09. The molecule has 0 aromatic heterocycles. The Morgan fingerprint density at radius 3 is 1.98 bits per heavy atom. The topological polar surface area (TPSA) is 144 Å². The summed E-state index contributed by atoms with van der Waals surface area (Å²) in [7, 11) is 0. The Morgan fingerprint density at radius 1 is 0.762 bits per heavy atom. The number of benzene rings is 3. The number of nitro groups is 2. The number of carbonyl (C=O) groups excluding carboxylic acids is 3. The quantitative estimate of drug-likeness (QED) is 0.171. The highest BCUT2D eigenvalue weighted by molar-refractivity contribution is 6.12. The summed E-state index contributed by atoms with van der Waals surface area (Å²) in [5, 5.41) is 22.2. The molecule has 2 saturated heterocycles. The lowest BCUT2D eigenvalue weighted by molar-refractivity contribution is -0.385. The number of hydrogen-bond acceptors (Lipinski definition) is 8. The van der Waals surface area contributed by atoms with Gasteiger partial charge in [-0.3, -0.25) is 39.5 Å².